The first kappa shape index (κ1) is 17.4. The Bertz CT molecular complexity index is 1030. The Morgan fingerprint density at radius 2 is 1.63 bits per heavy atom. The van der Waals surface area contributed by atoms with Crippen LogP contribution in [-0.4, -0.2) is 34.2 Å². The zero-order valence-electron chi connectivity index (χ0n) is 14.0. The van der Waals surface area contributed by atoms with E-state index in [0.29, 0.717) is 27.5 Å². The summed E-state index contributed by atoms with van der Waals surface area (Å²) in [6, 6.07) is 13.0. The molecule has 134 valence electrons. The van der Waals surface area contributed by atoms with E-state index in [1.807, 2.05) is 6.26 Å². The Labute approximate surface area is 162 Å². The molecule has 4 rings (SSSR count). The van der Waals surface area contributed by atoms with Crippen molar-refractivity contribution in [2.45, 2.75) is 4.34 Å². The van der Waals surface area contributed by atoms with E-state index >= 15 is 0 Å². The summed E-state index contributed by atoms with van der Waals surface area (Å²) in [5.74, 6) is -1.08. The predicted molar refractivity (Wildman–Crippen MR) is 104 cm³/mol. The number of anilines is 2. The molecule has 1 aliphatic rings. The Kier molecular flexibility index (Phi) is 4.46. The first-order valence-electron chi connectivity index (χ1n) is 7.85. The van der Waals surface area contributed by atoms with Gasteiger partial charge in [0, 0.05) is 5.56 Å². The Hall–Kier alpha value is -3.04. The van der Waals surface area contributed by atoms with E-state index in [1.54, 1.807) is 48.5 Å². The van der Waals surface area contributed by atoms with Crippen LogP contribution < -0.4 is 10.2 Å². The van der Waals surface area contributed by atoms with E-state index in [4.69, 9.17) is 0 Å². The van der Waals surface area contributed by atoms with Crippen molar-refractivity contribution < 1.29 is 14.4 Å². The lowest BCUT2D eigenvalue weighted by atomic mass is 10.1. The van der Waals surface area contributed by atoms with Crippen molar-refractivity contribution >= 4 is 51.6 Å². The van der Waals surface area contributed by atoms with Gasteiger partial charge in [-0.3, -0.25) is 19.7 Å². The van der Waals surface area contributed by atoms with E-state index in [-0.39, 0.29) is 17.7 Å². The first-order valence-corrected chi connectivity index (χ1v) is 9.89. The molecule has 0 saturated heterocycles. The van der Waals surface area contributed by atoms with Crippen LogP contribution in [0.15, 0.2) is 52.9 Å². The average Bonchev–Trinajstić information content (AvgIpc) is 3.25. The standard InChI is InChI=1S/C18H12N4O3S2/c1-26-18-21-20-17(27-18)19-14(23)10-6-8-11(9-7-10)22-15(24)12-4-2-3-5-13(12)16(22)25/h2-9H,1H3,(H,19,20,23). The average molecular weight is 396 g/mol. The van der Waals surface area contributed by atoms with Crippen LogP contribution in [0, 0.1) is 0 Å². The summed E-state index contributed by atoms with van der Waals surface area (Å²) in [5.41, 5.74) is 1.56. The van der Waals surface area contributed by atoms with Crippen molar-refractivity contribution in [2.24, 2.45) is 0 Å². The summed E-state index contributed by atoms with van der Waals surface area (Å²) in [6.07, 6.45) is 1.88. The van der Waals surface area contributed by atoms with Crippen molar-refractivity contribution in [3.05, 3.63) is 65.2 Å². The lowest BCUT2D eigenvalue weighted by molar-refractivity contribution is 0.0925. The van der Waals surface area contributed by atoms with E-state index in [0.717, 1.165) is 9.24 Å². The number of thioether (sulfide) groups is 1. The number of nitrogens with one attached hydrogen (secondary N) is 1. The van der Waals surface area contributed by atoms with Gasteiger partial charge in [-0.15, -0.1) is 10.2 Å². The van der Waals surface area contributed by atoms with Crippen LogP contribution in [-0.2, 0) is 0 Å². The maximum atomic E-state index is 12.5. The van der Waals surface area contributed by atoms with Gasteiger partial charge in [-0.1, -0.05) is 35.2 Å². The summed E-state index contributed by atoms with van der Waals surface area (Å²) >= 11 is 2.73. The van der Waals surface area contributed by atoms with Crippen LogP contribution in [0.3, 0.4) is 0 Å². The van der Waals surface area contributed by atoms with Gasteiger partial charge in [0.25, 0.3) is 17.7 Å². The number of rotatable bonds is 4. The fourth-order valence-electron chi connectivity index (χ4n) is 2.70. The number of amides is 3. The molecule has 0 bridgehead atoms. The Morgan fingerprint density at radius 3 is 2.19 bits per heavy atom. The quantitative estimate of drug-likeness (QED) is 0.413. The molecule has 0 fully saturated rings. The third-order valence-corrected chi connectivity index (χ3v) is 5.80. The van der Waals surface area contributed by atoms with Crippen molar-refractivity contribution in [1.29, 1.82) is 0 Å². The molecule has 3 amide bonds. The summed E-state index contributed by atoms with van der Waals surface area (Å²) in [7, 11) is 0. The van der Waals surface area contributed by atoms with Gasteiger partial charge in [0.1, 0.15) is 0 Å². The molecule has 0 spiro atoms. The molecule has 9 heteroatoms. The number of hydrogen-bond donors (Lipinski definition) is 1. The maximum Gasteiger partial charge on any atom is 0.266 e. The number of imide groups is 1. The molecular formula is C18H12N4O3S2. The molecular weight excluding hydrogens is 384 g/mol. The van der Waals surface area contributed by atoms with Gasteiger partial charge in [-0.05, 0) is 42.7 Å². The van der Waals surface area contributed by atoms with Crippen LogP contribution in [0.25, 0.3) is 0 Å². The van der Waals surface area contributed by atoms with Gasteiger partial charge in [0.15, 0.2) is 4.34 Å². The lowest BCUT2D eigenvalue weighted by Crippen LogP contribution is -2.29. The molecule has 27 heavy (non-hydrogen) atoms. The minimum atomic E-state index is -0.369. The maximum absolute atomic E-state index is 12.5. The van der Waals surface area contributed by atoms with Crippen LogP contribution >= 0.6 is 23.1 Å². The van der Waals surface area contributed by atoms with Crippen LogP contribution in [0.4, 0.5) is 10.8 Å². The molecule has 7 nitrogen and oxygen atoms in total. The molecule has 2 heterocycles. The van der Waals surface area contributed by atoms with Gasteiger partial charge in [-0.25, -0.2) is 4.90 Å². The van der Waals surface area contributed by atoms with Gasteiger partial charge >= 0.3 is 0 Å². The highest BCUT2D eigenvalue weighted by Crippen LogP contribution is 2.28. The molecule has 1 aromatic heterocycles. The van der Waals surface area contributed by atoms with Crippen molar-refractivity contribution in [3.63, 3.8) is 0 Å². The molecule has 2 aromatic carbocycles. The molecule has 0 radical (unpaired) electrons. The highest BCUT2D eigenvalue weighted by molar-refractivity contribution is 8.00. The molecule has 0 unspecified atom stereocenters. The number of hydrogen-bond acceptors (Lipinski definition) is 7. The third kappa shape index (κ3) is 3.11. The topological polar surface area (TPSA) is 92.3 Å². The molecule has 0 atom stereocenters. The van der Waals surface area contributed by atoms with Crippen molar-refractivity contribution in [1.82, 2.24) is 10.2 Å². The largest absolute Gasteiger partial charge is 0.296 e. The van der Waals surface area contributed by atoms with E-state index < -0.39 is 0 Å². The zero-order chi connectivity index (χ0) is 19.0. The summed E-state index contributed by atoms with van der Waals surface area (Å²) in [6.45, 7) is 0. The van der Waals surface area contributed by atoms with Gasteiger partial charge in [-0.2, -0.15) is 0 Å². The number of carbonyl (C=O) groups is 3. The highest BCUT2D eigenvalue weighted by Gasteiger charge is 2.36. The minimum Gasteiger partial charge on any atom is -0.296 e. The van der Waals surface area contributed by atoms with Crippen LogP contribution in [0.2, 0.25) is 0 Å². The fourth-order valence-corrected chi connectivity index (χ4v) is 3.86. The van der Waals surface area contributed by atoms with Gasteiger partial charge in [0.2, 0.25) is 5.13 Å². The lowest BCUT2D eigenvalue weighted by Gasteiger charge is -2.14. The number of nitrogens with zero attached hydrogens (tertiary/aromatic N) is 3. The summed E-state index contributed by atoms with van der Waals surface area (Å²) in [5, 5.41) is 10.9. The normalized spacial score (nSPS) is 13.0. The number of fused-ring (bicyclic) bond motifs is 1. The Morgan fingerprint density at radius 1 is 1.00 bits per heavy atom. The third-order valence-electron chi connectivity index (χ3n) is 3.98. The van der Waals surface area contributed by atoms with Gasteiger partial charge in [0.05, 0.1) is 16.8 Å². The molecule has 0 aliphatic carbocycles. The van der Waals surface area contributed by atoms with Crippen molar-refractivity contribution in [3.8, 4) is 0 Å². The number of carbonyl (C=O) groups excluding carboxylic acids is 3. The first-order chi connectivity index (χ1) is 13.1. The fraction of sp³-hybridized carbons (Fsp3) is 0.0556. The molecule has 1 aliphatic heterocycles. The molecule has 3 aromatic rings. The summed E-state index contributed by atoms with van der Waals surface area (Å²) in [4.78, 5) is 38.5. The zero-order valence-corrected chi connectivity index (χ0v) is 15.6. The SMILES string of the molecule is CSc1nnc(NC(=O)c2ccc(N3C(=O)c4ccccc4C3=O)cc2)s1. The second-order valence-electron chi connectivity index (χ2n) is 5.57. The minimum absolute atomic E-state index is 0.340. The van der Waals surface area contributed by atoms with E-state index in [1.165, 1.54) is 23.1 Å². The smallest absolute Gasteiger partial charge is 0.266 e. The Balaban J connectivity index is 1.53. The van der Waals surface area contributed by atoms with Gasteiger partial charge < -0.3 is 0 Å². The number of aromatic nitrogens is 2. The van der Waals surface area contributed by atoms with E-state index in [9.17, 15) is 14.4 Å². The highest BCUT2D eigenvalue weighted by atomic mass is 32.2. The second-order valence-corrected chi connectivity index (χ2v) is 7.60. The molecule has 0 saturated carbocycles. The van der Waals surface area contributed by atoms with E-state index in [2.05, 4.69) is 15.5 Å². The van der Waals surface area contributed by atoms with Crippen LogP contribution in [0.5, 0.6) is 0 Å². The predicted octanol–water partition coefficient (Wildman–Crippen LogP) is 3.31. The second kappa shape index (κ2) is 6.93. The van der Waals surface area contributed by atoms with Crippen LogP contribution in [0.1, 0.15) is 31.1 Å². The monoisotopic (exact) mass is 396 g/mol. The molecule has 1 N–H and O–H groups in total. The number of benzene rings is 2. The summed E-state index contributed by atoms with van der Waals surface area (Å²) < 4.78 is 0.756. The van der Waals surface area contributed by atoms with Crippen molar-refractivity contribution in [2.75, 3.05) is 16.5 Å².